The summed E-state index contributed by atoms with van der Waals surface area (Å²) in [5.41, 5.74) is 1.74. The summed E-state index contributed by atoms with van der Waals surface area (Å²) in [5.74, 6) is -0.906. The van der Waals surface area contributed by atoms with Crippen LogP contribution in [0.3, 0.4) is 0 Å². The molecule has 0 spiro atoms. The lowest BCUT2D eigenvalue weighted by molar-refractivity contribution is -0.141. The number of carbonyl (C=O) groups is 3. The fraction of sp³-hybridized carbons (Fsp3) is 0.500. The first-order valence-electron chi connectivity index (χ1n) is 9.93. The number of benzene rings is 1. The van der Waals surface area contributed by atoms with Gasteiger partial charge in [0.1, 0.15) is 6.54 Å². The summed E-state index contributed by atoms with van der Waals surface area (Å²) in [6.45, 7) is 5.70. The second-order valence-corrected chi connectivity index (χ2v) is 8.88. The molecule has 2 aliphatic heterocycles. The van der Waals surface area contributed by atoms with Crippen molar-refractivity contribution in [3.05, 3.63) is 22.7 Å². The molecule has 1 aromatic carbocycles. The third-order valence-electron chi connectivity index (χ3n) is 5.36. The highest BCUT2D eigenvalue weighted by Crippen LogP contribution is 2.33. The van der Waals surface area contributed by atoms with E-state index in [1.165, 1.54) is 11.3 Å². The van der Waals surface area contributed by atoms with Crippen LogP contribution in [0.25, 0.3) is 10.2 Å². The Morgan fingerprint density at radius 1 is 1.23 bits per heavy atom. The van der Waals surface area contributed by atoms with Crippen LogP contribution in [0.15, 0.2) is 12.1 Å². The van der Waals surface area contributed by atoms with Crippen LogP contribution in [0.4, 0.5) is 5.13 Å². The number of thiazole rings is 1. The topological polar surface area (TPSA) is 83.0 Å². The first-order chi connectivity index (χ1) is 14.4. The number of aromatic nitrogens is 1. The SMILES string of the molecule is Cc1cc(Cl)cc2sc(N(CCN3CCOCC3)C(=O)CN3C(=O)CCC3=O)nc12.Cl. The molecule has 0 bridgehead atoms. The number of amides is 3. The molecule has 0 saturated carbocycles. The number of halogens is 2. The smallest absolute Gasteiger partial charge is 0.248 e. The summed E-state index contributed by atoms with van der Waals surface area (Å²) in [5, 5.41) is 1.17. The van der Waals surface area contributed by atoms with Gasteiger partial charge in [0.05, 0.1) is 23.4 Å². The fourth-order valence-corrected chi connectivity index (χ4v) is 5.13. The molecule has 0 unspecified atom stereocenters. The number of ether oxygens (including phenoxy) is 1. The zero-order valence-corrected chi connectivity index (χ0v) is 19.5. The Morgan fingerprint density at radius 2 is 1.90 bits per heavy atom. The van der Waals surface area contributed by atoms with Gasteiger partial charge in [-0.25, -0.2) is 4.98 Å². The Morgan fingerprint density at radius 3 is 2.58 bits per heavy atom. The number of likely N-dealkylation sites (tertiary alicyclic amines) is 1. The summed E-state index contributed by atoms with van der Waals surface area (Å²) in [4.78, 5) is 46.7. The van der Waals surface area contributed by atoms with Gasteiger partial charge in [-0.2, -0.15) is 0 Å². The third-order valence-corrected chi connectivity index (χ3v) is 6.61. The van der Waals surface area contributed by atoms with Crippen LogP contribution in [-0.4, -0.2) is 78.4 Å². The number of fused-ring (bicyclic) bond motifs is 1. The van der Waals surface area contributed by atoms with Crippen molar-refractivity contribution in [2.24, 2.45) is 0 Å². The van der Waals surface area contributed by atoms with Crippen molar-refractivity contribution in [1.29, 1.82) is 0 Å². The fourth-order valence-electron chi connectivity index (χ4n) is 3.67. The molecule has 8 nitrogen and oxygen atoms in total. The van der Waals surface area contributed by atoms with E-state index in [4.69, 9.17) is 16.3 Å². The number of nitrogens with zero attached hydrogens (tertiary/aromatic N) is 4. The van der Waals surface area contributed by atoms with Gasteiger partial charge in [0, 0.05) is 44.0 Å². The number of imide groups is 1. The molecule has 2 aliphatic rings. The Balaban J connectivity index is 0.00000272. The van der Waals surface area contributed by atoms with Gasteiger partial charge >= 0.3 is 0 Å². The second-order valence-electron chi connectivity index (χ2n) is 7.44. The lowest BCUT2D eigenvalue weighted by Gasteiger charge is -2.29. The third kappa shape index (κ3) is 5.35. The summed E-state index contributed by atoms with van der Waals surface area (Å²) in [7, 11) is 0. The predicted octanol–water partition coefficient (Wildman–Crippen LogP) is 2.49. The summed E-state index contributed by atoms with van der Waals surface area (Å²) in [6, 6.07) is 3.68. The summed E-state index contributed by atoms with van der Waals surface area (Å²) in [6.07, 6.45) is 0.331. The average Bonchev–Trinajstić information content (AvgIpc) is 3.27. The maximum atomic E-state index is 13.2. The van der Waals surface area contributed by atoms with Crippen LogP contribution in [0.2, 0.25) is 5.02 Å². The molecule has 2 fully saturated rings. The number of hydrogen-bond donors (Lipinski definition) is 0. The molecule has 11 heteroatoms. The number of carbonyl (C=O) groups excluding carboxylic acids is 3. The summed E-state index contributed by atoms with van der Waals surface area (Å²) < 4.78 is 6.28. The minimum Gasteiger partial charge on any atom is -0.379 e. The molecule has 4 rings (SSSR count). The van der Waals surface area contributed by atoms with Gasteiger partial charge in [0.2, 0.25) is 17.7 Å². The lowest BCUT2D eigenvalue weighted by atomic mass is 10.2. The van der Waals surface area contributed by atoms with E-state index in [1.54, 1.807) is 4.90 Å². The Labute approximate surface area is 195 Å². The van der Waals surface area contributed by atoms with E-state index < -0.39 is 0 Å². The van der Waals surface area contributed by atoms with Crippen molar-refractivity contribution in [3.63, 3.8) is 0 Å². The van der Waals surface area contributed by atoms with Crippen LogP contribution in [0, 0.1) is 6.92 Å². The van der Waals surface area contributed by atoms with Gasteiger partial charge < -0.3 is 4.74 Å². The maximum Gasteiger partial charge on any atom is 0.248 e. The van der Waals surface area contributed by atoms with Crippen molar-refractivity contribution in [3.8, 4) is 0 Å². The zero-order valence-electron chi connectivity index (χ0n) is 17.1. The number of anilines is 1. The summed E-state index contributed by atoms with van der Waals surface area (Å²) >= 11 is 7.57. The van der Waals surface area contributed by atoms with Crippen LogP contribution in [0.1, 0.15) is 18.4 Å². The van der Waals surface area contributed by atoms with Gasteiger partial charge in [-0.05, 0) is 24.6 Å². The monoisotopic (exact) mass is 486 g/mol. The number of aryl methyl sites for hydroxylation is 1. The highest BCUT2D eigenvalue weighted by Gasteiger charge is 2.33. The van der Waals surface area contributed by atoms with Crippen LogP contribution >= 0.6 is 35.3 Å². The van der Waals surface area contributed by atoms with E-state index in [0.29, 0.717) is 36.5 Å². The van der Waals surface area contributed by atoms with Crippen molar-refractivity contribution < 1.29 is 19.1 Å². The minimum absolute atomic E-state index is 0. The average molecular weight is 487 g/mol. The van der Waals surface area contributed by atoms with Gasteiger partial charge in [-0.15, -0.1) is 12.4 Å². The van der Waals surface area contributed by atoms with Gasteiger partial charge in [-0.3, -0.25) is 29.1 Å². The maximum absolute atomic E-state index is 13.2. The molecule has 3 heterocycles. The minimum atomic E-state index is -0.310. The molecule has 1 aromatic heterocycles. The highest BCUT2D eigenvalue weighted by molar-refractivity contribution is 7.22. The Hall–Kier alpha value is -1.78. The van der Waals surface area contributed by atoms with Crippen LogP contribution in [0.5, 0.6) is 0 Å². The molecular formula is C20H24Cl2N4O4S. The van der Waals surface area contributed by atoms with E-state index in [2.05, 4.69) is 9.88 Å². The first kappa shape index (κ1) is 23.9. The molecule has 2 saturated heterocycles. The van der Waals surface area contributed by atoms with E-state index in [0.717, 1.165) is 33.8 Å². The van der Waals surface area contributed by atoms with Gasteiger partial charge in [0.25, 0.3) is 0 Å². The molecule has 0 atom stereocenters. The van der Waals surface area contributed by atoms with Crippen molar-refractivity contribution in [1.82, 2.24) is 14.8 Å². The molecule has 168 valence electrons. The van der Waals surface area contributed by atoms with E-state index in [-0.39, 0.29) is 49.5 Å². The molecule has 2 aromatic rings. The quantitative estimate of drug-likeness (QED) is 0.583. The molecular weight excluding hydrogens is 463 g/mol. The second kappa shape index (κ2) is 10.2. The molecule has 0 radical (unpaired) electrons. The first-order valence-corrected chi connectivity index (χ1v) is 11.1. The van der Waals surface area contributed by atoms with Gasteiger partial charge in [0.15, 0.2) is 5.13 Å². The number of hydrogen-bond acceptors (Lipinski definition) is 7. The predicted molar refractivity (Wildman–Crippen MR) is 122 cm³/mol. The standard InChI is InChI=1S/C20H23ClN4O4S.ClH/c1-13-10-14(21)11-15-19(13)22-20(30-15)24(5-4-23-6-8-29-9-7-23)18(28)12-25-16(26)2-3-17(25)27;/h10-11H,2-9,12H2,1H3;1H. The van der Waals surface area contributed by atoms with Crippen LogP contribution in [-0.2, 0) is 19.1 Å². The van der Waals surface area contributed by atoms with E-state index in [1.807, 2.05) is 19.1 Å². The van der Waals surface area contributed by atoms with Crippen molar-refractivity contribution >= 4 is 68.4 Å². The molecule has 3 amide bonds. The van der Waals surface area contributed by atoms with E-state index >= 15 is 0 Å². The Kier molecular flexibility index (Phi) is 7.87. The number of morpholine rings is 1. The van der Waals surface area contributed by atoms with Crippen LogP contribution < -0.4 is 4.90 Å². The van der Waals surface area contributed by atoms with Crippen molar-refractivity contribution in [2.45, 2.75) is 19.8 Å². The number of rotatable bonds is 6. The van der Waals surface area contributed by atoms with Crippen molar-refractivity contribution in [2.75, 3.05) is 50.8 Å². The van der Waals surface area contributed by atoms with Gasteiger partial charge in [-0.1, -0.05) is 22.9 Å². The largest absolute Gasteiger partial charge is 0.379 e. The molecule has 0 aliphatic carbocycles. The normalized spacial score (nSPS) is 17.3. The highest BCUT2D eigenvalue weighted by atomic mass is 35.5. The van der Waals surface area contributed by atoms with E-state index in [9.17, 15) is 14.4 Å². The molecule has 0 N–H and O–H groups in total. The molecule has 31 heavy (non-hydrogen) atoms. The zero-order chi connectivity index (χ0) is 21.3. The lowest BCUT2D eigenvalue weighted by Crippen LogP contribution is -2.47. The Bertz CT molecular complexity index is 977.